The Morgan fingerprint density at radius 2 is 1.68 bits per heavy atom. The minimum absolute atomic E-state index is 0.103. The zero-order valence-corrected chi connectivity index (χ0v) is 17.2. The molecular formula is C22H37O2S+. The van der Waals surface area contributed by atoms with Crippen LogP contribution in [0.5, 0.6) is 0 Å². The van der Waals surface area contributed by atoms with Crippen LogP contribution < -0.4 is 0 Å². The van der Waals surface area contributed by atoms with E-state index in [4.69, 9.17) is 4.74 Å². The van der Waals surface area contributed by atoms with Crippen LogP contribution in [0.15, 0.2) is 0 Å². The Morgan fingerprint density at radius 1 is 0.960 bits per heavy atom. The fraction of sp³-hybridized carbons (Fsp3) is 0.955. The van der Waals surface area contributed by atoms with Gasteiger partial charge >= 0.3 is 5.97 Å². The van der Waals surface area contributed by atoms with Crippen LogP contribution in [-0.4, -0.2) is 27.8 Å². The molecule has 25 heavy (non-hydrogen) atoms. The number of carbonyl (C=O) groups is 1. The van der Waals surface area contributed by atoms with Crippen molar-refractivity contribution in [2.45, 2.75) is 101 Å². The summed E-state index contributed by atoms with van der Waals surface area (Å²) in [6.45, 7) is 4.64. The van der Waals surface area contributed by atoms with Gasteiger partial charge in [-0.3, -0.25) is 0 Å². The molecule has 1 heterocycles. The van der Waals surface area contributed by atoms with Gasteiger partial charge in [0.25, 0.3) is 0 Å². The topological polar surface area (TPSA) is 26.3 Å². The van der Waals surface area contributed by atoms with Crippen LogP contribution in [0.4, 0.5) is 0 Å². The van der Waals surface area contributed by atoms with Crippen LogP contribution in [0.25, 0.3) is 0 Å². The van der Waals surface area contributed by atoms with E-state index in [1.54, 1.807) is 0 Å². The molecule has 0 aromatic rings. The summed E-state index contributed by atoms with van der Waals surface area (Å²) in [5.41, 5.74) is -0.206. The Labute approximate surface area is 157 Å². The number of esters is 1. The van der Waals surface area contributed by atoms with Crippen LogP contribution >= 0.6 is 0 Å². The molecule has 3 heteroatoms. The van der Waals surface area contributed by atoms with Crippen LogP contribution in [0.1, 0.15) is 90.9 Å². The van der Waals surface area contributed by atoms with Crippen molar-refractivity contribution in [3.63, 3.8) is 0 Å². The van der Waals surface area contributed by atoms with E-state index in [0.717, 1.165) is 18.8 Å². The number of hydrogen-bond donors (Lipinski definition) is 0. The number of ether oxygens (including phenoxy) is 1. The predicted molar refractivity (Wildman–Crippen MR) is 106 cm³/mol. The molecule has 4 aliphatic rings. The molecule has 0 radical (unpaired) electrons. The monoisotopic (exact) mass is 365 g/mol. The maximum Gasteiger partial charge on any atom is 0.363 e. The Kier molecular flexibility index (Phi) is 5.16. The van der Waals surface area contributed by atoms with E-state index in [1.165, 1.54) is 75.7 Å². The molecule has 2 bridgehead atoms. The first-order chi connectivity index (χ1) is 12.0. The highest BCUT2D eigenvalue weighted by molar-refractivity contribution is 7.98. The molecule has 0 amide bonds. The van der Waals surface area contributed by atoms with Crippen molar-refractivity contribution < 1.29 is 9.53 Å². The number of carbonyl (C=O) groups excluding carboxylic acids is 1. The lowest BCUT2D eigenvalue weighted by atomic mass is 9.60. The molecule has 0 spiro atoms. The largest absolute Gasteiger partial charge is 0.455 e. The van der Waals surface area contributed by atoms with Gasteiger partial charge in [0.1, 0.15) is 17.1 Å². The lowest BCUT2D eigenvalue weighted by Crippen LogP contribution is -2.56. The van der Waals surface area contributed by atoms with Crippen molar-refractivity contribution >= 4 is 16.9 Å². The quantitative estimate of drug-likeness (QED) is 0.504. The highest BCUT2D eigenvalue weighted by Crippen LogP contribution is 2.51. The minimum Gasteiger partial charge on any atom is -0.455 e. The Bertz CT molecular complexity index is 490. The minimum atomic E-state index is -0.206. The van der Waals surface area contributed by atoms with Gasteiger partial charge in [0, 0.05) is 23.7 Å². The summed E-state index contributed by atoms with van der Waals surface area (Å²) < 4.78 is 6.48. The summed E-state index contributed by atoms with van der Waals surface area (Å²) >= 11 is 0. The summed E-state index contributed by atoms with van der Waals surface area (Å²) in [4.78, 5) is 13.6. The van der Waals surface area contributed by atoms with E-state index in [-0.39, 0.29) is 27.2 Å². The molecular weight excluding hydrogens is 328 g/mol. The fourth-order valence-corrected chi connectivity index (χ4v) is 9.65. The van der Waals surface area contributed by atoms with Crippen molar-refractivity contribution in [3.05, 3.63) is 0 Å². The van der Waals surface area contributed by atoms with Crippen molar-refractivity contribution in [2.24, 2.45) is 17.8 Å². The van der Waals surface area contributed by atoms with Gasteiger partial charge < -0.3 is 4.74 Å². The van der Waals surface area contributed by atoms with Gasteiger partial charge in [-0.2, -0.15) is 0 Å². The van der Waals surface area contributed by atoms with Gasteiger partial charge in [-0.15, -0.1) is 0 Å². The van der Waals surface area contributed by atoms with Crippen LogP contribution in [-0.2, 0) is 20.4 Å². The molecule has 1 aliphatic heterocycles. The number of fused-ring (bicyclic) bond motifs is 2. The van der Waals surface area contributed by atoms with Crippen LogP contribution in [0.3, 0.4) is 0 Å². The van der Waals surface area contributed by atoms with Gasteiger partial charge in [-0.05, 0) is 76.0 Å². The molecule has 4 rings (SSSR count). The first-order valence-electron chi connectivity index (χ1n) is 11.0. The number of rotatable bonds is 3. The zero-order chi connectivity index (χ0) is 17.5. The summed E-state index contributed by atoms with van der Waals surface area (Å²) in [5.74, 6) is 4.80. The third-order valence-electron chi connectivity index (χ3n) is 8.19. The summed E-state index contributed by atoms with van der Waals surface area (Å²) in [6.07, 6.45) is 15.3. The van der Waals surface area contributed by atoms with Crippen LogP contribution in [0.2, 0.25) is 0 Å². The van der Waals surface area contributed by atoms with Gasteiger partial charge in [0.2, 0.25) is 4.75 Å². The van der Waals surface area contributed by atoms with Gasteiger partial charge in [-0.1, -0.05) is 19.8 Å². The SMILES string of the molecule is CC1CC2CCCC(C2)C1(C)OC(=O)C1([S+]2CCCCC2)CCCC1. The molecule has 4 unspecified atom stereocenters. The first-order valence-corrected chi connectivity index (χ1v) is 12.5. The van der Waals surface area contributed by atoms with Crippen LogP contribution in [0, 0.1) is 17.8 Å². The molecule has 0 aromatic carbocycles. The second kappa shape index (κ2) is 7.09. The van der Waals surface area contributed by atoms with E-state index in [0.29, 0.717) is 11.8 Å². The Balaban J connectivity index is 1.54. The van der Waals surface area contributed by atoms with Gasteiger partial charge in [0.15, 0.2) is 0 Å². The highest BCUT2D eigenvalue weighted by atomic mass is 32.2. The standard InChI is InChI=1S/C22H37O2S/c1-17-15-18-9-8-10-19(16-18)21(17,2)24-20(23)22(11-4-5-12-22)25-13-6-3-7-14-25/h17-19H,3-16H2,1-2H3/q+1. The predicted octanol–water partition coefficient (Wildman–Crippen LogP) is 5.25. The average Bonchev–Trinajstić information content (AvgIpc) is 3.13. The molecule has 0 N–H and O–H groups in total. The second-order valence-corrected chi connectivity index (χ2v) is 12.2. The Morgan fingerprint density at radius 3 is 2.40 bits per heavy atom. The van der Waals surface area contributed by atoms with E-state index in [2.05, 4.69) is 13.8 Å². The third kappa shape index (κ3) is 3.17. The number of hydrogen-bond acceptors (Lipinski definition) is 2. The normalized spacial score (nSPS) is 41.4. The van der Waals surface area contributed by atoms with Crippen molar-refractivity contribution in [1.29, 1.82) is 0 Å². The smallest absolute Gasteiger partial charge is 0.363 e. The fourth-order valence-electron chi connectivity index (χ4n) is 6.42. The van der Waals surface area contributed by atoms with Crippen molar-refractivity contribution in [3.8, 4) is 0 Å². The van der Waals surface area contributed by atoms with Gasteiger partial charge in [-0.25, -0.2) is 4.79 Å². The molecule has 3 aliphatic carbocycles. The maximum absolute atomic E-state index is 13.6. The highest BCUT2D eigenvalue weighted by Gasteiger charge is 2.59. The van der Waals surface area contributed by atoms with Gasteiger partial charge in [0.05, 0.1) is 0 Å². The lowest BCUT2D eigenvalue weighted by molar-refractivity contribution is -0.185. The molecule has 2 nitrogen and oxygen atoms in total. The summed E-state index contributed by atoms with van der Waals surface area (Å²) in [7, 11) is 0.277. The van der Waals surface area contributed by atoms with E-state index in [9.17, 15) is 4.79 Å². The third-order valence-corrected chi connectivity index (χ3v) is 11.4. The summed E-state index contributed by atoms with van der Waals surface area (Å²) in [5, 5.41) is 0. The first kappa shape index (κ1) is 18.2. The van der Waals surface area contributed by atoms with Crippen molar-refractivity contribution in [1.82, 2.24) is 0 Å². The van der Waals surface area contributed by atoms with E-state index in [1.807, 2.05) is 0 Å². The summed E-state index contributed by atoms with van der Waals surface area (Å²) in [6, 6.07) is 0. The zero-order valence-electron chi connectivity index (χ0n) is 16.4. The van der Waals surface area contributed by atoms with E-state index >= 15 is 0 Å². The molecule has 4 fully saturated rings. The van der Waals surface area contributed by atoms with E-state index < -0.39 is 0 Å². The second-order valence-electron chi connectivity index (χ2n) is 9.60. The van der Waals surface area contributed by atoms with Crippen molar-refractivity contribution in [2.75, 3.05) is 11.5 Å². The maximum atomic E-state index is 13.6. The Hall–Kier alpha value is -0.180. The molecule has 4 atom stereocenters. The molecule has 1 saturated heterocycles. The molecule has 142 valence electrons. The molecule has 0 aromatic heterocycles. The average molecular weight is 366 g/mol. The molecule has 3 saturated carbocycles. The lowest BCUT2D eigenvalue weighted by Gasteiger charge is -2.51.